The maximum atomic E-state index is 13.5. The quantitative estimate of drug-likeness (QED) is 0.770. The summed E-state index contributed by atoms with van der Waals surface area (Å²) in [5.41, 5.74) is 0.895. The minimum atomic E-state index is -0.696. The van der Waals surface area contributed by atoms with Crippen LogP contribution in [0, 0.1) is 12.7 Å². The molecule has 1 atom stereocenters. The molecule has 0 aliphatic rings. The fourth-order valence-electron chi connectivity index (χ4n) is 1.68. The van der Waals surface area contributed by atoms with Crippen molar-refractivity contribution in [3.8, 4) is 5.75 Å². The summed E-state index contributed by atoms with van der Waals surface area (Å²) >= 11 is 0. The van der Waals surface area contributed by atoms with Crippen LogP contribution in [0.15, 0.2) is 18.2 Å². The first kappa shape index (κ1) is 15.5. The van der Waals surface area contributed by atoms with Gasteiger partial charge in [-0.05, 0) is 38.0 Å². The van der Waals surface area contributed by atoms with Crippen LogP contribution in [-0.2, 0) is 4.79 Å². The lowest BCUT2D eigenvalue weighted by molar-refractivity contribution is -0.127. The van der Waals surface area contributed by atoms with Gasteiger partial charge in [0.15, 0.2) is 17.7 Å². The fourth-order valence-corrected chi connectivity index (χ4v) is 1.68. The van der Waals surface area contributed by atoms with Gasteiger partial charge in [0.2, 0.25) is 0 Å². The summed E-state index contributed by atoms with van der Waals surface area (Å²) in [5, 5.41) is 2.79. The molecule has 0 spiro atoms. The van der Waals surface area contributed by atoms with Crippen LogP contribution in [0.4, 0.5) is 4.39 Å². The van der Waals surface area contributed by atoms with E-state index in [0.29, 0.717) is 6.54 Å². The van der Waals surface area contributed by atoms with E-state index >= 15 is 0 Å². The van der Waals surface area contributed by atoms with Crippen LogP contribution >= 0.6 is 0 Å². The van der Waals surface area contributed by atoms with E-state index in [2.05, 4.69) is 12.2 Å². The Labute approximate surface area is 114 Å². The molecule has 4 heteroatoms. The number of amides is 1. The number of unbranched alkanes of at least 4 members (excludes halogenated alkanes) is 2. The number of ether oxygens (including phenoxy) is 1. The van der Waals surface area contributed by atoms with Gasteiger partial charge >= 0.3 is 0 Å². The molecule has 0 bridgehead atoms. The zero-order valence-electron chi connectivity index (χ0n) is 11.8. The van der Waals surface area contributed by atoms with Gasteiger partial charge in [0.05, 0.1) is 0 Å². The number of rotatable bonds is 7. The summed E-state index contributed by atoms with van der Waals surface area (Å²) in [7, 11) is 0. The Hall–Kier alpha value is -1.58. The minimum absolute atomic E-state index is 0.121. The van der Waals surface area contributed by atoms with Gasteiger partial charge in [0, 0.05) is 6.54 Å². The van der Waals surface area contributed by atoms with Crippen molar-refractivity contribution >= 4 is 5.91 Å². The molecule has 1 amide bonds. The fraction of sp³-hybridized carbons (Fsp3) is 0.533. The number of hydrogen-bond donors (Lipinski definition) is 1. The molecular weight excluding hydrogens is 245 g/mol. The topological polar surface area (TPSA) is 38.3 Å². The number of benzene rings is 1. The number of nitrogens with one attached hydrogen (secondary N) is 1. The van der Waals surface area contributed by atoms with Crippen molar-refractivity contribution in [1.82, 2.24) is 5.32 Å². The molecule has 0 saturated carbocycles. The van der Waals surface area contributed by atoms with Crippen molar-refractivity contribution in [2.24, 2.45) is 0 Å². The molecule has 19 heavy (non-hydrogen) atoms. The van der Waals surface area contributed by atoms with Gasteiger partial charge in [0.1, 0.15) is 0 Å². The van der Waals surface area contributed by atoms with E-state index in [-0.39, 0.29) is 11.7 Å². The molecular formula is C15H22FNO2. The highest BCUT2D eigenvalue weighted by Gasteiger charge is 2.16. The van der Waals surface area contributed by atoms with Crippen LogP contribution in [0.25, 0.3) is 0 Å². The Kier molecular flexibility index (Phi) is 6.33. The Bertz CT molecular complexity index is 421. The second kappa shape index (κ2) is 7.77. The molecule has 1 aromatic carbocycles. The van der Waals surface area contributed by atoms with Crippen molar-refractivity contribution in [3.63, 3.8) is 0 Å². The monoisotopic (exact) mass is 267 g/mol. The van der Waals surface area contributed by atoms with Gasteiger partial charge in [-0.3, -0.25) is 4.79 Å². The number of carbonyl (C=O) groups is 1. The third-order valence-corrected chi connectivity index (χ3v) is 2.84. The number of aryl methyl sites for hydroxylation is 1. The predicted molar refractivity (Wildman–Crippen MR) is 73.8 cm³/mol. The van der Waals surface area contributed by atoms with Gasteiger partial charge < -0.3 is 10.1 Å². The largest absolute Gasteiger partial charge is 0.478 e. The number of carbonyl (C=O) groups excluding carboxylic acids is 1. The average Bonchev–Trinajstić information content (AvgIpc) is 2.38. The standard InChI is InChI=1S/C15H22FNO2/c1-4-5-6-9-17-15(18)12(3)19-14-10-11(2)7-8-13(14)16/h7-8,10,12H,4-6,9H2,1-3H3,(H,17,18). The zero-order valence-corrected chi connectivity index (χ0v) is 11.8. The summed E-state index contributed by atoms with van der Waals surface area (Å²) < 4.78 is 18.8. The Balaban J connectivity index is 2.47. The Morgan fingerprint density at radius 3 is 2.84 bits per heavy atom. The van der Waals surface area contributed by atoms with Crippen LogP contribution in [-0.4, -0.2) is 18.6 Å². The summed E-state index contributed by atoms with van der Waals surface area (Å²) in [5.74, 6) is -0.538. The Morgan fingerprint density at radius 2 is 2.16 bits per heavy atom. The van der Waals surface area contributed by atoms with E-state index in [1.54, 1.807) is 19.1 Å². The van der Waals surface area contributed by atoms with Crippen LogP contribution in [0.5, 0.6) is 5.75 Å². The predicted octanol–water partition coefficient (Wildman–Crippen LogP) is 3.21. The zero-order chi connectivity index (χ0) is 14.3. The SMILES string of the molecule is CCCCCNC(=O)C(C)Oc1cc(C)ccc1F. The lowest BCUT2D eigenvalue weighted by Gasteiger charge is -2.15. The maximum absolute atomic E-state index is 13.5. The highest BCUT2D eigenvalue weighted by molar-refractivity contribution is 5.80. The number of hydrogen-bond acceptors (Lipinski definition) is 2. The molecule has 106 valence electrons. The van der Waals surface area contributed by atoms with Crippen LogP contribution in [0.1, 0.15) is 38.7 Å². The second-order valence-electron chi connectivity index (χ2n) is 4.69. The molecule has 0 radical (unpaired) electrons. The van der Waals surface area contributed by atoms with E-state index in [0.717, 1.165) is 24.8 Å². The molecule has 0 aliphatic carbocycles. The Morgan fingerprint density at radius 1 is 1.42 bits per heavy atom. The van der Waals surface area contributed by atoms with Gasteiger partial charge in [0.25, 0.3) is 5.91 Å². The molecule has 0 fully saturated rings. The van der Waals surface area contributed by atoms with E-state index < -0.39 is 11.9 Å². The van der Waals surface area contributed by atoms with Crippen LogP contribution in [0.3, 0.4) is 0 Å². The highest BCUT2D eigenvalue weighted by atomic mass is 19.1. The molecule has 1 rings (SSSR count). The lowest BCUT2D eigenvalue weighted by Crippen LogP contribution is -2.37. The van der Waals surface area contributed by atoms with Crippen molar-refractivity contribution in [2.45, 2.75) is 46.1 Å². The van der Waals surface area contributed by atoms with E-state index in [4.69, 9.17) is 4.74 Å². The third-order valence-electron chi connectivity index (χ3n) is 2.84. The van der Waals surface area contributed by atoms with Crippen molar-refractivity contribution < 1.29 is 13.9 Å². The summed E-state index contributed by atoms with van der Waals surface area (Å²) in [4.78, 5) is 11.7. The van der Waals surface area contributed by atoms with Gasteiger partial charge in [-0.25, -0.2) is 4.39 Å². The van der Waals surface area contributed by atoms with Gasteiger partial charge in [-0.2, -0.15) is 0 Å². The normalized spacial score (nSPS) is 12.0. The minimum Gasteiger partial charge on any atom is -0.478 e. The van der Waals surface area contributed by atoms with Crippen molar-refractivity contribution in [3.05, 3.63) is 29.6 Å². The smallest absolute Gasteiger partial charge is 0.260 e. The van der Waals surface area contributed by atoms with E-state index in [1.807, 2.05) is 6.92 Å². The van der Waals surface area contributed by atoms with Crippen LogP contribution < -0.4 is 10.1 Å². The lowest BCUT2D eigenvalue weighted by atomic mass is 10.2. The van der Waals surface area contributed by atoms with Crippen molar-refractivity contribution in [2.75, 3.05) is 6.54 Å². The summed E-state index contributed by atoms with van der Waals surface area (Å²) in [6, 6.07) is 4.60. The number of halogens is 1. The van der Waals surface area contributed by atoms with Gasteiger partial charge in [-0.1, -0.05) is 25.8 Å². The van der Waals surface area contributed by atoms with Gasteiger partial charge in [-0.15, -0.1) is 0 Å². The summed E-state index contributed by atoms with van der Waals surface area (Å²) in [6.45, 7) is 6.21. The molecule has 3 nitrogen and oxygen atoms in total. The molecule has 1 unspecified atom stereocenters. The average molecular weight is 267 g/mol. The summed E-state index contributed by atoms with van der Waals surface area (Å²) in [6.07, 6.45) is 2.45. The first-order valence-corrected chi connectivity index (χ1v) is 6.75. The third kappa shape index (κ3) is 5.28. The molecule has 0 aromatic heterocycles. The van der Waals surface area contributed by atoms with Crippen LogP contribution in [0.2, 0.25) is 0 Å². The van der Waals surface area contributed by atoms with E-state index in [1.165, 1.54) is 6.07 Å². The molecule has 1 N–H and O–H groups in total. The molecule has 0 saturated heterocycles. The second-order valence-corrected chi connectivity index (χ2v) is 4.69. The maximum Gasteiger partial charge on any atom is 0.260 e. The molecule has 1 aromatic rings. The highest BCUT2D eigenvalue weighted by Crippen LogP contribution is 2.19. The first-order valence-electron chi connectivity index (χ1n) is 6.75. The van der Waals surface area contributed by atoms with Crippen molar-refractivity contribution in [1.29, 1.82) is 0 Å². The first-order chi connectivity index (χ1) is 9.04. The van der Waals surface area contributed by atoms with E-state index in [9.17, 15) is 9.18 Å². The molecule has 0 heterocycles. The molecule has 0 aliphatic heterocycles.